The summed E-state index contributed by atoms with van der Waals surface area (Å²) in [4.78, 5) is 9.65. The SMILES string of the molecule is CCCCCc1cnc(/C=N/c2ccc(-c3ccc(F)c(F)c3)cc2F)s1. The monoisotopic (exact) mass is 388 g/mol. The Hall–Kier alpha value is -2.47. The van der Waals surface area contributed by atoms with Crippen molar-refractivity contribution >= 4 is 23.2 Å². The quantitative estimate of drug-likeness (QED) is 0.326. The van der Waals surface area contributed by atoms with Gasteiger partial charge >= 0.3 is 0 Å². The van der Waals surface area contributed by atoms with Gasteiger partial charge in [0.05, 0.1) is 11.9 Å². The number of aliphatic imine (C=N–C) groups is 1. The van der Waals surface area contributed by atoms with E-state index in [1.54, 1.807) is 23.6 Å². The molecule has 0 atom stereocenters. The number of nitrogens with zero attached hydrogens (tertiary/aromatic N) is 2. The van der Waals surface area contributed by atoms with Gasteiger partial charge in [0.15, 0.2) is 11.6 Å². The Morgan fingerprint density at radius 1 is 0.963 bits per heavy atom. The highest BCUT2D eigenvalue weighted by molar-refractivity contribution is 7.13. The topological polar surface area (TPSA) is 25.2 Å². The summed E-state index contributed by atoms with van der Waals surface area (Å²) in [5.74, 6) is -2.43. The molecule has 1 aromatic heterocycles. The smallest absolute Gasteiger partial charge is 0.159 e. The van der Waals surface area contributed by atoms with Crippen LogP contribution in [-0.2, 0) is 6.42 Å². The van der Waals surface area contributed by atoms with Gasteiger partial charge in [-0.3, -0.25) is 4.99 Å². The van der Waals surface area contributed by atoms with Gasteiger partial charge in [-0.05, 0) is 48.2 Å². The molecule has 0 bridgehead atoms. The number of hydrogen-bond acceptors (Lipinski definition) is 3. The van der Waals surface area contributed by atoms with E-state index in [1.807, 2.05) is 6.20 Å². The molecule has 0 amide bonds. The third-order valence-electron chi connectivity index (χ3n) is 4.11. The summed E-state index contributed by atoms with van der Waals surface area (Å²) in [5, 5.41) is 0.727. The van der Waals surface area contributed by atoms with Crippen LogP contribution in [0.1, 0.15) is 36.1 Å². The molecule has 1 heterocycles. The molecule has 0 saturated carbocycles. The number of aromatic nitrogens is 1. The minimum atomic E-state index is -0.964. The van der Waals surface area contributed by atoms with Crippen molar-refractivity contribution < 1.29 is 13.2 Å². The molecule has 140 valence electrons. The Kier molecular flexibility index (Phi) is 6.40. The third-order valence-corrected chi connectivity index (χ3v) is 5.10. The lowest BCUT2D eigenvalue weighted by Gasteiger charge is -2.04. The Bertz CT molecular complexity index is 950. The number of thiazole rings is 1. The van der Waals surface area contributed by atoms with E-state index in [0.29, 0.717) is 11.1 Å². The molecule has 2 nitrogen and oxygen atoms in total. The van der Waals surface area contributed by atoms with E-state index in [0.717, 1.165) is 30.0 Å². The van der Waals surface area contributed by atoms with Crippen LogP contribution in [0.5, 0.6) is 0 Å². The van der Waals surface area contributed by atoms with Crippen LogP contribution in [-0.4, -0.2) is 11.2 Å². The van der Waals surface area contributed by atoms with Gasteiger partial charge in [-0.15, -0.1) is 11.3 Å². The number of hydrogen-bond donors (Lipinski definition) is 0. The van der Waals surface area contributed by atoms with E-state index in [1.165, 1.54) is 35.9 Å². The molecule has 0 aliphatic heterocycles. The molecule has 0 fully saturated rings. The van der Waals surface area contributed by atoms with Crippen molar-refractivity contribution in [2.45, 2.75) is 32.6 Å². The predicted octanol–water partition coefficient (Wildman–Crippen LogP) is 6.71. The third kappa shape index (κ3) is 5.04. The molecule has 0 aliphatic carbocycles. The largest absolute Gasteiger partial charge is 0.251 e. The molecular weight excluding hydrogens is 369 g/mol. The minimum absolute atomic E-state index is 0.170. The first-order valence-electron chi connectivity index (χ1n) is 8.80. The van der Waals surface area contributed by atoms with Crippen molar-refractivity contribution in [1.82, 2.24) is 4.98 Å². The second-order valence-corrected chi connectivity index (χ2v) is 7.32. The Labute approximate surface area is 160 Å². The number of benzene rings is 2. The first-order chi connectivity index (χ1) is 13.1. The van der Waals surface area contributed by atoms with E-state index in [4.69, 9.17) is 0 Å². The zero-order valence-electron chi connectivity index (χ0n) is 14.9. The molecule has 27 heavy (non-hydrogen) atoms. The lowest BCUT2D eigenvalue weighted by atomic mass is 10.0. The van der Waals surface area contributed by atoms with Crippen LogP contribution in [0.15, 0.2) is 47.6 Å². The molecule has 6 heteroatoms. The van der Waals surface area contributed by atoms with Crippen molar-refractivity contribution in [3.05, 3.63) is 69.9 Å². The molecule has 0 unspecified atom stereocenters. The summed E-state index contributed by atoms with van der Waals surface area (Å²) in [7, 11) is 0. The van der Waals surface area contributed by atoms with E-state index in [-0.39, 0.29) is 5.69 Å². The maximum absolute atomic E-state index is 14.3. The molecule has 2 aromatic carbocycles. The Balaban J connectivity index is 1.72. The molecule has 3 aromatic rings. The maximum atomic E-state index is 14.3. The van der Waals surface area contributed by atoms with Gasteiger partial charge in [-0.25, -0.2) is 18.2 Å². The summed E-state index contributed by atoms with van der Waals surface area (Å²) in [6.45, 7) is 2.16. The standard InChI is InChI=1S/C21H19F3N2S/c1-2-3-4-5-16-12-26-21(27-16)13-25-20-9-7-15(11-19(20)24)14-6-8-17(22)18(23)10-14/h6-13H,2-5H2,1H3/b25-13+. The highest BCUT2D eigenvalue weighted by Crippen LogP contribution is 2.27. The average Bonchev–Trinajstić information content (AvgIpc) is 3.11. The number of rotatable bonds is 7. The average molecular weight is 388 g/mol. The number of unbranched alkanes of at least 4 members (excludes halogenated alkanes) is 2. The van der Waals surface area contributed by atoms with Gasteiger partial charge in [0.2, 0.25) is 0 Å². The van der Waals surface area contributed by atoms with Crippen LogP contribution in [0.4, 0.5) is 18.9 Å². The fraction of sp³-hybridized carbons (Fsp3) is 0.238. The Morgan fingerprint density at radius 3 is 2.41 bits per heavy atom. The highest BCUT2D eigenvalue weighted by Gasteiger charge is 2.08. The molecule has 0 aliphatic rings. The normalized spacial score (nSPS) is 11.4. The van der Waals surface area contributed by atoms with Crippen LogP contribution in [0.2, 0.25) is 0 Å². The van der Waals surface area contributed by atoms with Gasteiger partial charge in [0, 0.05) is 11.1 Å². The molecule has 3 rings (SSSR count). The zero-order valence-corrected chi connectivity index (χ0v) is 15.7. The van der Waals surface area contributed by atoms with Gasteiger partial charge in [0.1, 0.15) is 10.8 Å². The maximum Gasteiger partial charge on any atom is 0.159 e. The molecule has 0 radical (unpaired) electrons. The van der Waals surface area contributed by atoms with Crippen molar-refractivity contribution in [3.63, 3.8) is 0 Å². The summed E-state index contributed by atoms with van der Waals surface area (Å²) < 4.78 is 40.7. The molecular formula is C21H19F3N2S. The van der Waals surface area contributed by atoms with E-state index in [9.17, 15) is 13.2 Å². The number of aryl methyl sites for hydroxylation is 1. The van der Waals surface area contributed by atoms with Gasteiger partial charge < -0.3 is 0 Å². The Morgan fingerprint density at radius 2 is 1.70 bits per heavy atom. The van der Waals surface area contributed by atoms with Crippen LogP contribution in [0, 0.1) is 17.5 Å². The molecule has 0 N–H and O–H groups in total. The minimum Gasteiger partial charge on any atom is -0.251 e. The van der Waals surface area contributed by atoms with Crippen molar-refractivity contribution in [2.24, 2.45) is 4.99 Å². The molecule has 0 spiro atoms. The lowest BCUT2D eigenvalue weighted by Crippen LogP contribution is -1.87. The van der Waals surface area contributed by atoms with Gasteiger partial charge in [-0.1, -0.05) is 31.9 Å². The predicted molar refractivity (Wildman–Crippen MR) is 104 cm³/mol. The summed E-state index contributed by atoms with van der Waals surface area (Å²) in [5.41, 5.74) is 1.03. The zero-order chi connectivity index (χ0) is 19.2. The highest BCUT2D eigenvalue weighted by atomic mass is 32.1. The van der Waals surface area contributed by atoms with Crippen LogP contribution in [0.3, 0.4) is 0 Å². The van der Waals surface area contributed by atoms with Crippen molar-refractivity contribution in [2.75, 3.05) is 0 Å². The van der Waals surface area contributed by atoms with E-state index in [2.05, 4.69) is 16.9 Å². The number of halogens is 3. The summed E-state index contributed by atoms with van der Waals surface area (Å²) in [6.07, 6.45) is 7.88. The summed E-state index contributed by atoms with van der Waals surface area (Å²) >= 11 is 1.55. The van der Waals surface area contributed by atoms with Crippen molar-refractivity contribution in [1.29, 1.82) is 0 Å². The van der Waals surface area contributed by atoms with Gasteiger partial charge in [0.25, 0.3) is 0 Å². The fourth-order valence-electron chi connectivity index (χ4n) is 2.64. The van der Waals surface area contributed by atoms with E-state index < -0.39 is 17.5 Å². The van der Waals surface area contributed by atoms with Crippen LogP contribution >= 0.6 is 11.3 Å². The fourth-order valence-corrected chi connectivity index (χ4v) is 3.47. The van der Waals surface area contributed by atoms with Crippen LogP contribution < -0.4 is 0 Å². The lowest BCUT2D eigenvalue weighted by molar-refractivity contribution is 0.509. The van der Waals surface area contributed by atoms with E-state index >= 15 is 0 Å². The van der Waals surface area contributed by atoms with Crippen molar-refractivity contribution in [3.8, 4) is 11.1 Å². The second-order valence-electron chi connectivity index (χ2n) is 6.18. The first kappa shape index (κ1) is 19.3. The van der Waals surface area contributed by atoms with Gasteiger partial charge in [-0.2, -0.15) is 0 Å². The molecule has 0 saturated heterocycles. The second kappa shape index (κ2) is 8.95. The first-order valence-corrected chi connectivity index (χ1v) is 9.62. The van der Waals surface area contributed by atoms with Crippen LogP contribution in [0.25, 0.3) is 11.1 Å². The summed E-state index contributed by atoms with van der Waals surface area (Å²) in [6, 6.07) is 7.87.